The van der Waals surface area contributed by atoms with Crippen LogP contribution in [0.25, 0.3) is 22.1 Å². The molecule has 0 radical (unpaired) electrons. The first-order chi connectivity index (χ1) is 19.7. The van der Waals surface area contributed by atoms with Gasteiger partial charge in [0.1, 0.15) is 18.2 Å². The van der Waals surface area contributed by atoms with Crippen LogP contribution in [0.4, 0.5) is 10.5 Å². The van der Waals surface area contributed by atoms with E-state index >= 15 is 0 Å². The zero-order valence-electron chi connectivity index (χ0n) is 21.6. The maximum Gasteiger partial charge on any atom is 0.407 e. The van der Waals surface area contributed by atoms with E-state index in [9.17, 15) is 29.1 Å². The molecule has 11 heteroatoms. The molecule has 11 nitrogen and oxygen atoms in total. The first-order valence-electron chi connectivity index (χ1n) is 12.7. The summed E-state index contributed by atoms with van der Waals surface area (Å²) in [5.41, 5.74) is 9.27. The van der Waals surface area contributed by atoms with Gasteiger partial charge in [0.15, 0.2) is 0 Å². The Labute approximate surface area is 232 Å². The predicted octanol–water partition coefficient (Wildman–Crippen LogP) is 3.14. The second-order valence-corrected chi connectivity index (χ2v) is 9.55. The maximum absolute atomic E-state index is 13.0. The van der Waals surface area contributed by atoms with Crippen molar-refractivity contribution in [2.45, 2.75) is 24.8 Å². The van der Waals surface area contributed by atoms with Gasteiger partial charge in [-0.05, 0) is 39.9 Å². The average Bonchev–Trinajstić information content (AvgIpc) is 3.24. The number of carboxylic acids is 1. The molecule has 0 bridgehead atoms. The number of carbonyl (C=O) groups excluding carboxylic acids is 3. The number of fused-ring (bicyclic) bond motifs is 4. The Morgan fingerprint density at radius 1 is 0.951 bits per heavy atom. The molecule has 1 aliphatic rings. The van der Waals surface area contributed by atoms with Gasteiger partial charge in [-0.15, -0.1) is 0 Å². The van der Waals surface area contributed by atoms with Crippen molar-refractivity contribution in [3.63, 3.8) is 0 Å². The third kappa shape index (κ3) is 5.93. The summed E-state index contributed by atoms with van der Waals surface area (Å²) in [7, 11) is 0. The van der Waals surface area contributed by atoms with Crippen LogP contribution in [0.2, 0.25) is 0 Å². The summed E-state index contributed by atoms with van der Waals surface area (Å²) in [6.07, 6.45) is -1.84. The number of primary amides is 1. The zero-order chi connectivity index (χ0) is 29.1. The summed E-state index contributed by atoms with van der Waals surface area (Å²) in [6.45, 7) is -0.0153. The van der Waals surface area contributed by atoms with Crippen LogP contribution in [0.3, 0.4) is 0 Å². The quantitative estimate of drug-likeness (QED) is 0.228. The monoisotopic (exact) mass is 555 g/mol. The molecule has 3 aromatic carbocycles. The van der Waals surface area contributed by atoms with E-state index in [1.807, 2.05) is 48.5 Å². The SMILES string of the molecule is NC(=O)Cc1cc(=O)oc2cc(NC(=O)[C@H](CC(=O)O)NC(=O)OCC3c4ccccc4-c4ccccc43)ccc12. The molecule has 0 unspecified atom stereocenters. The number of anilines is 1. The van der Waals surface area contributed by atoms with Crippen molar-refractivity contribution in [1.82, 2.24) is 5.32 Å². The summed E-state index contributed by atoms with van der Waals surface area (Å²) < 4.78 is 10.6. The van der Waals surface area contributed by atoms with Gasteiger partial charge >= 0.3 is 17.7 Å². The molecule has 0 saturated carbocycles. The van der Waals surface area contributed by atoms with E-state index in [0.29, 0.717) is 10.9 Å². The molecule has 5 N–H and O–H groups in total. The fourth-order valence-corrected chi connectivity index (χ4v) is 5.04. The van der Waals surface area contributed by atoms with Gasteiger partial charge in [-0.3, -0.25) is 14.4 Å². The van der Waals surface area contributed by atoms with E-state index in [2.05, 4.69) is 10.6 Å². The molecule has 0 fully saturated rings. The van der Waals surface area contributed by atoms with Crippen LogP contribution in [-0.2, 0) is 25.5 Å². The standard InChI is InChI=1S/C30H25N3O8/c31-26(34)11-16-12-28(37)41-25-13-17(9-10-18(16)25)32-29(38)24(14-27(35)36)33-30(39)40-15-23-21-7-3-1-5-19(21)20-6-2-4-8-22(20)23/h1-10,12-13,23-24H,11,14-15H2,(H2,31,34)(H,32,38)(H,33,39)(H,35,36)/t24-/m0/s1. The minimum atomic E-state index is -1.47. The van der Waals surface area contributed by atoms with E-state index in [0.717, 1.165) is 28.3 Å². The summed E-state index contributed by atoms with van der Waals surface area (Å²) in [5.74, 6) is -2.99. The number of hydrogen-bond acceptors (Lipinski definition) is 7. The van der Waals surface area contributed by atoms with E-state index in [-0.39, 0.29) is 30.2 Å². The van der Waals surface area contributed by atoms with Crippen LogP contribution in [0.1, 0.15) is 29.0 Å². The molecule has 1 atom stereocenters. The molecule has 0 spiro atoms. The molecule has 5 rings (SSSR count). The number of ether oxygens (including phenoxy) is 1. The van der Waals surface area contributed by atoms with Gasteiger partial charge in [0.05, 0.1) is 12.8 Å². The fourth-order valence-electron chi connectivity index (χ4n) is 5.04. The van der Waals surface area contributed by atoms with Gasteiger partial charge in [0.25, 0.3) is 0 Å². The molecule has 0 aliphatic heterocycles. The number of aliphatic carboxylic acids is 1. The molecule has 1 aliphatic carbocycles. The van der Waals surface area contributed by atoms with Gasteiger partial charge in [0.2, 0.25) is 11.8 Å². The second-order valence-electron chi connectivity index (χ2n) is 9.55. The van der Waals surface area contributed by atoms with Crippen molar-refractivity contribution in [3.05, 3.63) is 99.9 Å². The van der Waals surface area contributed by atoms with Crippen molar-refractivity contribution in [3.8, 4) is 11.1 Å². The molecule has 0 saturated heterocycles. The number of benzene rings is 3. The zero-order valence-corrected chi connectivity index (χ0v) is 21.6. The highest BCUT2D eigenvalue weighted by atomic mass is 16.5. The van der Waals surface area contributed by atoms with Crippen LogP contribution < -0.4 is 22.0 Å². The number of carbonyl (C=O) groups is 4. The molecule has 4 aromatic rings. The molecule has 1 aromatic heterocycles. The van der Waals surface area contributed by atoms with E-state index in [4.69, 9.17) is 14.9 Å². The summed E-state index contributed by atoms with van der Waals surface area (Å²) >= 11 is 0. The Bertz CT molecular complexity index is 1700. The van der Waals surface area contributed by atoms with Crippen LogP contribution in [0.15, 0.2) is 82.0 Å². The lowest BCUT2D eigenvalue weighted by atomic mass is 9.98. The van der Waals surface area contributed by atoms with Gasteiger partial charge < -0.3 is 30.6 Å². The Morgan fingerprint density at radius 2 is 1.61 bits per heavy atom. The van der Waals surface area contributed by atoms with Crippen LogP contribution in [0, 0.1) is 0 Å². The smallest absolute Gasteiger partial charge is 0.407 e. The fraction of sp³-hybridized carbons (Fsp3) is 0.167. The van der Waals surface area contributed by atoms with Gasteiger partial charge in [0, 0.05) is 29.1 Å². The lowest BCUT2D eigenvalue weighted by Crippen LogP contribution is -2.45. The average molecular weight is 556 g/mol. The number of hydrogen-bond donors (Lipinski definition) is 4. The highest BCUT2D eigenvalue weighted by molar-refractivity contribution is 6.00. The van der Waals surface area contributed by atoms with Gasteiger partial charge in [-0.25, -0.2) is 9.59 Å². The number of alkyl carbamates (subject to hydrolysis) is 1. The Morgan fingerprint density at radius 3 is 2.24 bits per heavy atom. The molecular weight excluding hydrogens is 530 g/mol. The van der Waals surface area contributed by atoms with Crippen LogP contribution in [-0.4, -0.2) is 41.6 Å². The minimum absolute atomic E-state index is 0.0153. The predicted molar refractivity (Wildman–Crippen MR) is 148 cm³/mol. The number of nitrogens with one attached hydrogen (secondary N) is 2. The molecule has 1 heterocycles. The number of carboxylic acid groups (broad SMARTS) is 1. The number of amides is 3. The molecular formula is C30H25N3O8. The van der Waals surface area contributed by atoms with Crippen molar-refractivity contribution in [2.24, 2.45) is 5.73 Å². The molecule has 208 valence electrons. The highest BCUT2D eigenvalue weighted by Gasteiger charge is 2.30. The van der Waals surface area contributed by atoms with E-state index < -0.39 is 42.0 Å². The lowest BCUT2D eigenvalue weighted by Gasteiger charge is -2.19. The third-order valence-electron chi connectivity index (χ3n) is 6.79. The third-order valence-corrected chi connectivity index (χ3v) is 6.79. The second kappa shape index (κ2) is 11.3. The minimum Gasteiger partial charge on any atom is -0.481 e. The van der Waals surface area contributed by atoms with Crippen LogP contribution >= 0.6 is 0 Å². The number of rotatable bonds is 9. The Hall–Kier alpha value is -5.45. The molecule has 3 amide bonds. The van der Waals surface area contributed by atoms with Crippen LogP contribution in [0.5, 0.6) is 0 Å². The highest BCUT2D eigenvalue weighted by Crippen LogP contribution is 2.44. The van der Waals surface area contributed by atoms with Gasteiger partial charge in [-0.2, -0.15) is 0 Å². The Kier molecular flexibility index (Phi) is 7.51. The summed E-state index contributed by atoms with van der Waals surface area (Å²) in [4.78, 5) is 60.5. The lowest BCUT2D eigenvalue weighted by molar-refractivity contribution is -0.139. The van der Waals surface area contributed by atoms with Crippen molar-refractivity contribution in [1.29, 1.82) is 0 Å². The number of nitrogens with two attached hydrogens (primary N) is 1. The Balaban J connectivity index is 1.28. The topological polar surface area (TPSA) is 178 Å². The van der Waals surface area contributed by atoms with Crippen molar-refractivity contribution in [2.75, 3.05) is 11.9 Å². The van der Waals surface area contributed by atoms with E-state index in [1.165, 1.54) is 18.2 Å². The van der Waals surface area contributed by atoms with Crippen molar-refractivity contribution >= 4 is 40.5 Å². The first-order valence-corrected chi connectivity index (χ1v) is 12.7. The van der Waals surface area contributed by atoms with E-state index in [1.54, 1.807) is 0 Å². The van der Waals surface area contributed by atoms with Crippen molar-refractivity contribution < 1.29 is 33.4 Å². The molecule has 41 heavy (non-hydrogen) atoms. The summed E-state index contributed by atoms with van der Waals surface area (Å²) in [5, 5.41) is 14.7. The van der Waals surface area contributed by atoms with Gasteiger partial charge in [-0.1, -0.05) is 48.5 Å². The largest absolute Gasteiger partial charge is 0.481 e. The maximum atomic E-state index is 13.0. The first kappa shape index (κ1) is 27.1. The normalized spacial score (nSPS) is 12.7. The summed E-state index contributed by atoms with van der Waals surface area (Å²) in [6, 6.07) is 19.7.